The van der Waals surface area contributed by atoms with Gasteiger partial charge in [-0.1, -0.05) is 12.1 Å². The maximum atomic E-state index is 9.87. The van der Waals surface area contributed by atoms with Gasteiger partial charge >= 0.3 is 0 Å². The first-order chi connectivity index (χ1) is 10.7. The van der Waals surface area contributed by atoms with E-state index in [0.717, 1.165) is 54.8 Å². The summed E-state index contributed by atoms with van der Waals surface area (Å²) >= 11 is 0. The minimum atomic E-state index is -0.106. The van der Waals surface area contributed by atoms with Crippen molar-refractivity contribution in [3.8, 4) is 5.75 Å². The van der Waals surface area contributed by atoms with Crippen LogP contribution in [0.2, 0.25) is 0 Å². The van der Waals surface area contributed by atoms with Crippen molar-refractivity contribution >= 4 is 16.7 Å². The third-order valence-corrected chi connectivity index (χ3v) is 5.23. The van der Waals surface area contributed by atoms with E-state index < -0.39 is 0 Å². The Balaban J connectivity index is 1.64. The Hall–Kier alpha value is -1.81. The smallest absolute Gasteiger partial charge is 0.145 e. The van der Waals surface area contributed by atoms with Crippen LogP contribution in [0.1, 0.15) is 19.3 Å². The Morgan fingerprint density at radius 3 is 2.86 bits per heavy atom. The van der Waals surface area contributed by atoms with Crippen LogP contribution in [-0.4, -0.2) is 36.4 Å². The normalized spacial score (nSPS) is 27.9. The van der Waals surface area contributed by atoms with Crippen LogP contribution >= 0.6 is 0 Å². The fourth-order valence-corrected chi connectivity index (χ4v) is 4.04. The van der Waals surface area contributed by atoms with Gasteiger partial charge < -0.3 is 14.7 Å². The molecule has 2 aromatic rings. The van der Waals surface area contributed by atoms with Crippen molar-refractivity contribution in [2.24, 2.45) is 11.8 Å². The molecule has 116 valence electrons. The van der Waals surface area contributed by atoms with Crippen LogP contribution in [0.3, 0.4) is 0 Å². The van der Waals surface area contributed by atoms with Crippen molar-refractivity contribution in [1.82, 2.24) is 4.98 Å². The van der Waals surface area contributed by atoms with Gasteiger partial charge in [0.2, 0.25) is 0 Å². The molecule has 22 heavy (non-hydrogen) atoms. The Bertz CT molecular complexity index is 688. The number of aliphatic hydroxyl groups is 1. The number of hydrogen-bond acceptors (Lipinski definition) is 4. The van der Waals surface area contributed by atoms with Gasteiger partial charge in [-0.15, -0.1) is 0 Å². The van der Waals surface area contributed by atoms with Crippen LogP contribution < -0.4 is 9.64 Å². The fraction of sp³-hybridized carbons (Fsp3) is 0.500. The van der Waals surface area contributed by atoms with Crippen molar-refractivity contribution in [2.75, 3.05) is 25.1 Å². The maximum absolute atomic E-state index is 9.87. The van der Waals surface area contributed by atoms with Gasteiger partial charge in [-0.25, -0.2) is 4.98 Å². The highest BCUT2D eigenvalue weighted by Crippen LogP contribution is 2.38. The zero-order valence-corrected chi connectivity index (χ0v) is 12.9. The first-order valence-corrected chi connectivity index (χ1v) is 8.11. The minimum absolute atomic E-state index is 0.106. The molecule has 4 rings (SSSR count). The zero-order chi connectivity index (χ0) is 15.1. The number of para-hydroxylation sites is 1. The third kappa shape index (κ3) is 2.31. The number of ether oxygens (including phenoxy) is 1. The second kappa shape index (κ2) is 5.43. The number of fused-ring (bicyclic) bond motifs is 2. The average Bonchev–Trinajstić information content (AvgIpc) is 2.96. The van der Waals surface area contributed by atoms with Gasteiger partial charge in [0.25, 0.3) is 0 Å². The van der Waals surface area contributed by atoms with Crippen LogP contribution in [0.5, 0.6) is 5.75 Å². The van der Waals surface area contributed by atoms with E-state index in [1.54, 1.807) is 7.11 Å². The number of pyridine rings is 1. The summed E-state index contributed by atoms with van der Waals surface area (Å²) in [5, 5.41) is 11.0. The van der Waals surface area contributed by atoms with Crippen molar-refractivity contribution < 1.29 is 9.84 Å². The second-order valence-electron chi connectivity index (χ2n) is 6.59. The molecule has 1 saturated heterocycles. The number of rotatable bonds is 2. The quantitative estimate of drug-likeness (QED) is 0.926. The van der Waals surface area contributed by atoms with E-state index >= 15 is 0 Å². The maximum Gasteiger partial charge on any atom is 0.145 e. The Morgan fingerprint density at radius 1 is 1.14 bits per heavy atom. The molecule has 3 atom stereocenters. The van der Waals surface area contributed by atoms with Crippen molar-refractivity contribution in [1.29, 1.82) is 0 Å². The van der Waals surface area contributed by atoms with Crippen LogP contribution in [-0.2, 0) is 0 Å². The molecule has 4 heteroatoms. The van der Waals surface area contributed by atoms with E-state index in [4.69, 9.17) is 9.72 Å². The van der Waals surface area contributed by atoms with E-state index in [9.17, 15) is 5.11 Å². The Labute approximate surface area is 130 Å². The molecule has 1 aromatic carbocycles. The van der Waals surface area contributed by atoms with Crippen molar-refractivity contribution in [3.63, 3.8) is 0 Å². The molecule has 2 aliphatic rings. The van der Waals surface area contributed by atoms with Crippen LogP contribution in [0.25, 0.3) is 10.9 Å². The van der Waals surface area contributed by atoms with Gasteiger partial charge in [0, 0.05) is 18.5 Å². The molecule has 1 N–H and O–H groups in total. The largest absolute Gasteiger partial charge is 0.494 e. The van der Waals surface area contributed by atoms with Crippen LogP contribution in [0.4, 0.5) is 5.82 Å². The highest BCUT2D eigenvalue weighted by Gasteiger charge is 2.37. The molecule has 1 aromatic heterocycles. The molecule has 0 spiro atoms. The Kier molecular flexibility index (Phi) is 3.41. The summed E-state index contributed by atoms with van der Waals surface area (Å²) in [6.07, 6.45) is 2.93. The summed E-state index contributed by atoms with van der Waals surface area (Å²) in [4.78, 5) is 7.22. The lowest BCUT2D eigenvalue weighted by Gasteiger charge is -2.27. The monoisotopic (exact) mass is 298 g/mol. The molecule has 0 unspecified atom stereocenters. The van der Waals surface area contributed by atoms with Crippen LogP contribution in [0.15, 0.2) is 30.3 Å². The van der Waals surface area contributed by atoms with Gasteiger partial charge in [0.1, 0.15) is 17.1 Å². The predicted octanol–water partition coefficient (Wildman–Crippen LogP) is 2.84. The number of anilines is 1. The summed E-state index contributed by atoms with van der Waals surface area (Å²) < 4.78 is 5.44. The molecular formula is C18H22N2O2. The molecule has 1 aliphatic carbocycles. The second-order valence-corrected chi connectivity index (χ2v) is 6.59. The summed E-state index contributed by atoms with van der Waals surface area (Å²) in [7, 11) is 1.69. The topological polar surface area (TPSA) is 45.6 Å². The number of aromatic nitrogens is 1. The van der Waals surface area contributed by atoms with Gasteiger partial charge in [-0.2, -0.15) is 0 Å². The van der Waals surface area contributed by atoms with E-state index in [2.05, 4.69) is 23.1 Å². The SMILES string of the molecule is COc1cccc2ccc(N3C[C@H]4C[C@@H](O)CC[C@H]4C3)nc12. The number of nitrogens with zero attached hydrogens (tertiary/aromatic N) is 2. The number of benzene rings is 1. The van der Waals surface area contributed by atoms with E-state index in [-0.39, 0.29) is 6.10 Å². The molecule has 2 fully saturated rings. The summed E-state index contributed by atoms with van der Waals surface area (Å²) in [5.41, 5.74) is 0.928. The van der Waals surface area contributed by atoms with Gasteiger partial charge in [-0.3, -0.25) is 0 Å². The Morgan fingerprint density at radius 2 is 2.00 bits per heavy atom. The lowest BCUT2D eigenvalue weighted by molar-refractivity contribution is 0.0867. The third-order valence-electron chi connectivity index (χ3n) is 5.23. The first kappa shape index (κ1) is 13.8. The highest BCUT2D eigenvalue weighted by atomic mass is 16.5. The van der Waals surface area contributed by atoms with Crippen molar-refractivity contribution in [3.05, 3.63) is 30.3 Å². The molecule has 4 nitrogen and oxygen atoms in total. The lowest BCUT2D eigenvalue weighted by Crippen LogP contribution is -2.26. The minimum Gasteiger partial charge on any atom is -0.494 e. The van der Waals surface area contributed by atoms with Gasteiger partial charge in [0.05, 0.1) is 13.2 Å². The summed E-state index contributed by atoms with van der Waals surface area (Å²) in [6, 6.07) is 10.2. The molecule has 1 saturated carbocycles. The number of aliphatic hydroxyl groups excluding tert-OH is 1. The standard InChI is InChI=1S/C18H22N2O2/c1-22-16-4-2-3-12-6-8-17(19-18(12)16)20-10-13-5-7-15(21)9-14(13)11-20/h2-4,6,8,13-15,21H,5,7,9-11H2,1H3/t13-,14+,15-/m0/s1. The fourth-order valence-electron chi connectivity index (χ4n) is 4.04. The number of methoxy groups -OCH3 is 1. The molecular weight excluding hydrogens is 276 g/mol. The molecule has 2 heterocycles. The van der Waals surface area contributed by atoms with E-state index in [0.29, 0.717) is 11.8 Å². The average molecular weight is 298 g/mol. The van der Waals surface area contributed by atoms with Crippen LogP contribution in [0, 0.1) is 11.8 Å². The van der Waals surface area contributed by atoms with Gasteiger partial charge in [-0.05, 0) is 49.3 Å². The predicted molar refractivity (Wildman–Crippen MR) is 87.3 cm³/mol. The number of hydrogen-bond donors (Lipinski definition) is 1. The molecule has 1 aliphatic heterocycles. The van der Waals surface area contributed by atoms with E-state index in [1.165, 1.54) is 0 Å². The molecule has 0 bridgehead atoms. The van der Waals surface area contributed by atoms with E-state index in [1.807, 2.05) is 12.1 Å². The molecule has 0 amide bonds. The zero-order valence-electron chi connectivity index (χ0n) is 12.9. The first-order valence-electron chi connectivity index (χ1n) is 8.11. The molecule has 0 radical (unpaired) electrons. The highest BCUT2D eigenvalue weighted by molar-refractivity contribution is 5.86. The van der Waals surface area contributed by atoms with Gasteiger partial charge in [0.15, 0.2) is 0 Å². The summed E-state index contributed by atoms with van der Waals surface area (Å²) in [5.74, 6) is 3.17. The van der Waals surface area contributed by atoms with Crippen molar-refractivity contribution in [2.45, 2.75) is 25.4 Å². The summed E-state index contributed by atoms with van der Waals surface area (Å²) in [6.45, 7) is 2.07. The lowest BCUT2D eigenvalue weighted by atomic mass is 9.80.